The van der Waals surface area contributed by atoms with E-state index < -0.39 is 24.0 Å². The van der Waals surface area contributed by atoms with E-state index >= 15 is 0 Å². The molecule has 32 heavy (non-hydrogen) atoms. The van der Waals surface area contributed by atoms with Gasteiger partial charge in [-0.3, -0.25) is 4.79 Å². The molecule has 3 aromatic rings. The molecule has 0 spiro atoms. The summed E-state index contributed by atoms with van der Waals surface area (Å²) in [5.41, 5.74) is 0.137. The minimum Gasteiger partial charge on any atom is -0.390 e. The number of benzene rings is 1. The predicted molar refractivity (Wildman–Crippen MR) is 116 cm³/mol. The molecule has 1 aliphatic rings. The molecular formula is C23H23F2N5O2. The molecule has 9 heteroatoms. The van der Waals surface area contributed by atoms with Gasteiger partial charge < -0.3 is 15.0 Å². The van der Waals surface area contributed by atoms with Crippen LogP contribution in [-0.2, 0) is 18.4 Å². The number of aliphatic hydroxyl groups excluding tert-OH is 1. The second-order valence-electron chi connectivity index (χ2n) is 8.32. The first kappa shape index (κ1) is 21.8. The number of hydrogen-bond donors (Lipinski definition) is 2. The first-order valence-electron chi connectivity index (χ1n) is 10.3. The Balaban J connectivity index is 1.79. The van der Waals surface area contributed by atoms with Crippen LogP contribution < -0.4 is 10.9 Å². The standard InChI is InChI=1S/C23H23F2N5O2/c1-13(15-5-4-6-16(9-15)23(24,25)12-31)27-20-17-10-18(22(11-26)7-8-22)30(3)21(32)19(17)28-14(2)29-20/h4-6,9-10,13,31H,7-8,12H2,1-3H3,(H,27,28,29)/t13-/m1/s1. The number of anilines is 1. The summed E-state index contributed by atoms with van der Waals surface area (Å²) in [7, 11) is 1.63. The van der Waals surface area contributed by atoms with E-state index in [1.54, 1.807) is 33.0 Å². The molecule has 0 saturated heterocycles. The molecule has 0 aliphatic heterocycles. The maximum Gasteiger partial charge on any atom is 0.295 e. The molecule has 1 aromatic carbocycles. The van der Waals surface area contributed by atoms with Crippen molar-refractivity contribution in [2.75, 3.05) is 11.9 Å². The van der Waals surface area contributed by atoms with E-state index in [1.165, 1.54) is 22.8 Å². The van der Waals surface area contributed by atoms with Crippen LogP contribution in [0.3, 0.4) is 0 Å². The largest absolute Gasteiger partial charge is 0.390 e. The van der Waals surface area contributed by atoms with Gasteiger partial charge in [0, 0.05) is 24.3 Å². The van der Waals surface area contributed by atoms with Crippen LogP contribution in [0, 0.1) is 18.3 Å². The Labute approximate surface area is 183 Å². The molecule has 0 radical (unpaired) electrons. The van der Waals surface area contributed by atoms with Crippen LogP contribution in [0.25, 0.3) is 10.9 Å². The maximum absolute atomic E-state index is 13.9. The number of aliphatic hydroxyl groups is 1. The number of aryl methyl sites for hydroxylation is 1. The van der Waals surface area contributed by atoms with Crippen molar-refractivity contribution in [1.82, 2.24) is 14.5 Å². The Morgan fingerprint density at radius 1 is 1.34 bits per heavy atom. The monoisotopic (exact) mass is 439 g/mol. The van der Waals surface area contributed by atoms with Gasteiger partial charge in [0.1, 0.15) is 23.8 Å². The Morgan fingerprint density at radius 3 is 2.69 bits per heavy atom. The molecule has 0 amide bonds. The van der Waals surface area contributed by atoms with Crippen LogP contribution in [0.1, 0.15) is 48.5 Å². The molecule has 7 nitrogen and oxygen atoms in total. The quantitative estimate of drug-likeness (QED) is 0.610. The first-order chi connectivity index (χ1) is 15.1. The predicted octanol–water partition coefficient (Wildman–Crippen LogP) is 3.45. The van der Waals surface area contributed by atoms with Crippen molar-refractivity contribution in [2.45, 2.75) is 44.1 Å². The molecule has 0 bridgehead atoms. The van der Waals surface area contributed by atoms with E-state index in [0.717, 1.165) is 0 Å². The summed E-state index contributed by atoms with van der Waals surface area (Å²) in [4.78, 5) is 21.8. The normalized spacial score (nSPS) is 15.9. The van der Waals surface area contributed by atoms with Gasteiger partial charge in [-0.1, -0.05) is 18.2 Å². The summed E-state index contributed by atoms with van der Waals surface area (Å²) >= 11 is 0. The van der Waals surface area contributed by atoms with Gasteiger partial charge in [0.15, 0.2) is 0 Å². The average molecular weight is 439 g/mol. The zero-order chi connectivity index (χ0) is 23.3. The molecule has 166 valence electrons. The van der Waals surface area contributed by atoms with E-state index in [2.05, 4.69) is 21.4 Å². The van der Waals surface area contributed by atoms with Crippen LogP contribution in [0.2, 0.25) is 0 Å². The van der Waals surface area contributed by atoms with Crippen molar-refractivity contribution >= 4 is 16.7 Å². The lowest BCUT2D eigenvalue weighted by Gasteiger charge is -2.20. The van der Waals surface area contributed by atoms with Crippen molar-refractivity contribution in [2.24, 2.45) is 7.05 Å². The summed E-state index contributed by atoms with van der Waals surface area (Å²) in [5.74, 6) is -2.56. The number of fused-ring (bicyclic) bond motifs is 1. The molecule has 1 atom stereocenters. The molecule has 2 heterocycles. The minimum atomic E-state index is -3.34. The van der Waals surface area contributed by atoms with Crippen molar-refractivity contribution in [3.05, 3.63) is 63.3 Å². The van der Waals surface area contributed by atoms with Gasteiger partial charge in [0.2, 0.25) is 0 Å². The van der Waals surface area contributed by atoms with Gasteiger partial charge in [-0.15, -0.1) is 0 Å². The maximum atomic E-state index is 13.9. The Hall–Kier alpha value is -3.38. The highest BCUT2D eigenvalue weighted by atomic mass is 19.3. The number of alkyl halides is 2. The second kappa shape index (κ2) is 7.64. The number of aromatic nitrogens is 3. The summed E-state index contributed by atoms with van der Waals surface area (Å²) in [6.07, 6.45) is 1.36. The lowest BCUT2D eigenvalue weighted by atomic mass is 10.0. The van der Waals surface area contributed by atoms with Gasteiger partial charge in [0.05, 0.1) is 16.9 Å². The van der Waals surface area contributed by atoms with Gasteiger partial charge in [-0.25, -0.2) is 9.97 Å². The van der Waals surface area contributed by atoms with Crippen LogP contribution in [0.15, 0.2) is 35.1 Å². The van der Waals surface area contributed by atoms with Gasteiger partial charge in [0.25, 0.3) is 11.5 Å². The Morgan fingerprint density at radius 2 is 2.06 bits per heavy atom. The number of hydrogen-bond acceptors (Lipinski definition) is 6. The van der Waals surface area contributed by atoms with E-state index in [0.29, 0.717) is 41.1 Å². The highest BCUT2D eigenvalue weighted by Gasteiger charge is 2.47. The van der Waals surface area contributed by atoms with E-state index in [4.69, 9.17) is 5.11 Å². The van der Waals surface area contributed by atoms with Crippen LogP contribution in [0.5, 0.6) is 0 Å². The number of nitrogens with one attached hydrogen (secondary N) is 1. The third-order valence-corrected chi connectivity index (χ3v) is 6.02. The minimum absolute atomic E-state index is 0.229. The van der Waals surface area contributed by atoms with Gasteiger partial charge in [-0.2, -0.15) is 14.0 Å². The molecule has 4 rings (SSSR count). The fourth-order valence-corrected chi connectivity index (χ4v) is 3.92. The van der Waals surface area contributed by atoms with E-state index in [1.807, 2.05) is 0 Å². The van der Waals surface area contributed by atoms with E-state index in [9.17, 15) is 18.8 Å². The molecule has 1 aliphatic carbocycles. The third kappa shape index (κ3) is 3.60. The lowest BCUT2D eigenvalue weighted by Crippen LogP contribution is -2.26. The first-order valence-corrected chi connectivity index (χ1v) is 10.3. The van der Waals surface area contributed by atoms with E-state index in [-0.39, 0.29) is 16.6 Å². The smallest absolute Gasteiger partial charge is 0.295 e. The lowest BCUT2D eigenvalue weighted by molar-refractivity contribution is -0.0556. The fraction of sp³-hybridized carbons (Fsp3) is 0.391. The number of nitrogens with zero attached hydrogens (tertiary/aromatic N) is 4. The zero-order valence-corrected chi connectivity index (χ0v) is 18.0. The topological polar surface area (TPSA) is 104 Å². The SMILES string of the molecule is Cc1nc(N[C@H](C)c2cccc(C(F)(F)CO)c2)c2cc(C3(C#N)CC3)n(C)c(=O)c2n1. The van der Waals surface area contributed by atoms with Crippen molar-refractivity contribution in [1.29, 1.82) is 5.26 Å². The highest BCUT2D eigenvalue weighted by Crippen LogP contribution is 2.47. The van der Waals surface area contributed by atoms with Gasteiger partial charge in [-0.05, 0) is 44.4 Å². The highest BCUT2D eigenvalue weighted by molar-refractivity contribution is 5.89. The molecular weight excluding hydrogens is 416 g/mol. The fourth-order valence-electron chi connectivity index (χ4n) is 3.92. The summed E-state index contributed by atoms with van der Waals surface area (Å²) in [6, 6.07) is 9.47. The molecule has 1 saturated carbocycles. The van der Waals surface area contributed by atoms with Crippen LogP contribution in [0.4, 0.5) is 14.6 Å². The molecule has 2 aromatic heterocycles. The average Bonchev–Trinajstić information content (AvgIpc) is 3.57. The third-order valence-electron chi connectivity index (χ3n) is 6.02. The Kier molecular flexibility index (Phi) is 5.21. The van der Waals surface area contributed by atoms with Crippen molar-refractivity contribution < 1.29 is 13.9 Å². The summed E-state index contributed by atoms with van der Waals surface area (Å²) < 4.78 is 29.4. The summed E-state index contributed by atoms with van der Waals surface area (Å²) in [6.45, 7) is 2.18. The zero-order valence-electron chi connectivity index (χ0n) is 18.0. The Bertz CT molecular complexity index is 1310. The number of rotatable bonds is 6. The molecule has 2 N–H and O–H groups in total. The van der Waals surface area contributed by atoms with Crippen LogP contribution in [-0.4, -0.2) is 26.2 Å². The molecule has 0 unspecified atom stereocenters. The van der Waals surface area contributed by atoms with Crippen molar-refractivity contribution in [3.8, 4) is 6.07 Å². The number of pyridine rings is 1. The molecule has 1 fully saturated rings. The summed E-state index contributed by atoms with van der Waals surface area (Å²) in [5, 5.41) is 22.3. The van der Waals surface area contributed by atoms with Crippen LogP contribution >= 0.6 is 0 Å². The van der Waals surface area contributed by atoms with Crippen molar-refractivity contribution in [3.63, 3.8) is 0 Å². The number of nitriles is 1. The second-order valence-corrected chi connectivity index (χ2v) is 8.32. The number of halogens is 2. The van der Waals surface area contributed by atoms with Gasteiger partial charge >= 0.3 is 0 Å².